The van der Waals surface area contributed by atoms with E-state index in [2.05, 4.69) is 54.0 Å². The minimum atomic E-state index is 0.538. The summed E-state index contributed by atoms with van der Waals surface area (Å²) in [7, 11) is 1.84. The zero-order valence-electron chi connectivity index (χ0n) is 8.50. The topological polar surface area (TPSA) is 51.0 Å². The molecule has 6 heteroatoms. The van der Waals surface area contributed by atoms with Crippen LogP contribution in [0.2, 0.25) is 0 Å². The zero-order valence-corrected chi connectivity index (χ0v) is 12.2. The third-order valence-electron chi connectivity index (χ3n) is 1.96. The summed E-state index contributed by atoms with van der Waals surface area (Å²) in [5.74, 6) is 1.19. The SMILES string of the molecule is CNCc1noc(-c2cc(I)ccc2Br)n1. The Hall–Kier alpha value is -0.470. The van der Waals surface area contributed by atoms with E-state index in [0.29, 0.717) is 18.3 Å². The molecule has 0 bridgehead atoms. The number of hydrogen-bond donors (Lipinski definition) is 1. The van der Waals surface area contributed by atoms with Gasteiger partial charge in [0.05, 0.1) is 12.1 Å². The Bertz CT molecular complexity index is 501. The first-order valence-corrected chi connectivity index (χ1v) is 6.50. The standard InChI is InChI=1S/C10H9BrIN3O/c1-13-5-9-14-10(16-15-9)7-4-6(12)2-3-8(7)11/h2-4,13H,5H2,1H3. The molecule has 16 heavy (non-hydrogen) atoms. The van der Waals surface area contributed by atoms with Crippen molar-refractivity contribution in [3.8, 4) is 11.5 Å². The van der Waals surface area contributed by atoms with Gasteiger partial charge in [-0.1, -0.05) is 5.16 Å². The van der Waals surface area contributed by atoms with Gasteiger partial charge < -0.3 is 9.84 Å². The number of aromatic nitrogens is 2. The third-order valence-corrected chi connectivity index (χ3v) is 3.32. The summed E-state index contributed by atoms with van der Waals surface area (Å²) >= 11 is 5.72. The second kappa shape index (κ2) is 5.24. The average Bonchev–Trinajstić information content (AvgIpc) is 2.71. The minimum Gasteiger partial charge on any atom is -0.334 e. The van der Waals surface area contributed by atoms with Gasteiger partial charge in [0.2, 0.25) is 0 Å². The highest BCUT2D eigenvalue weighted by Gasteiger charge is 2.11. The predicted molar refractivity (Wildman–Crippen MR) is 72.9 cm³/mol. The molecule has 0 atom stereocenters. The van der Waals surface area contributed by atoms with E-state index in [0.717, 1.165) is 13.6 Å². The van der Waals surface area contributed by atoms with Crippen molar-refractivity contribution in [1.82, 2.24) is 15.5 Å². The molecule has 0 unspecified atom stereocenters. The Balaban J connectivity index is 2.38. The molecule has 4 nitrogen and oxygen atoms in total. The van der Waals surface area contributed by atoms with Crippen LogP contribution in [0.3, 0.4) is 0 Å². The molecule has 0 fully saturated rings. The van der Waals surface area contributed by atoms with E-state index in [1.54, 1.807) is 0 Å². The molecule has 0 aliphatic carbocycles. The van der Waals surface area contributed by atoms with Crippen LogP contribution < -0.4 is 5.32 Å². The van der Waals surface area contributed by atoms with E-state index in [4.69, 9.17) is 4.52 Å². The van der Waals surface area contributed by atoms with Crippen molar-refractivity contribution in [2.75, 3.05) is 7.05 Å². The monoisotopic (exact) mass is 393 g/mol. The maximum absolute atomic E-state index is 5.20. The van der Waals surface area contributed by atoms with Gasteiger partial charge in [0, 0.05) is 8.04 Å². The Morgan fingerprint density at radius 3 is 3.06 bits per heavy atom. The first-order chi connectivity index (χ1) is 7.70. The average molecular weight is 394 g/mol. The first kappa shape index (κ1) is 12.0. The summed E-state index contributed by atoms with van der Waals surface area (Å²) in [6, 6.07) is 5.99. The second-order valence-corrected chi connectivity index (χ2v) is 5.27. The highest BCUT2D eigenvalue weighted by Crippen LogP contribution is 2.28. The van der Waals surface area contributed by atoms with Crippen molar-refractivity contribution >= 4 is 38.5 Å². The van der Waals surface area contributed by atoms with Crippen molar-refractivity contribution in [3.63, 3.8) is 0 Å². The molecule has 2 rings (SSSR count). The molecular weight excluding hydrogens is 385 g/mol. The third kappa shape index (κ3) is 2.61. The lowest BCUT2D eigenvalue weighted by Gasteiger charge is -1.98. The van der Waals surface area contributed by atoms with E-state index in [-0.39, 0.29) is 0 Å². The first-order valence-electron chi connectivity index (χ1n) is 4.63. The molecule has 0 spiro atoms. The number of rotatable bonds is 3. The largest absolute Gasteiger partial charge is 0.334 e. The fourth-order valence-electron chi connectivity index (χ4n) is 1.25. The van der Waals surface area contributed by atoms with E-state index >= 15 is 0 Å². The van der Waals surface area contributed by atoms with Crippen molar-refractivity contribution in [3.05, 3.63) is 32.1 Å². The maximum atomic E-state index is 5.20. The highest BCUT2D eigenvalue weighted by molar-refractivity contribution is 14.1. The van der Waals surface area contributed by atoms with Gasteiger partial charge in [0.25, 0.3) is 5.89 Å². The van der Waals surface area contributed by atoms with Crippen LogP contribution in [0.15, 0.2) is 27.2 Å². The molecule has 1 aromatic carbocycles. The highest BCUT2D eigenvalue weighted by atomic mass is 127. The summed E-state index contributed by atoms with van der Waals surface area (Å²) in [4.78, 5) is 4.30. The van der Waals surface area contributed by atoms with Crippen molar-refractivity contribution in [2.24, 2.45) is 0 Å². The fourth-order valence-corrected chi connectivity index (χ4v) is 2.16. The molecule has 2 aromatic rings. The molecule has 84 valence electrons. The van der Waals surface area contributed by atoms with Gasteiger partial charge in [-0.05, 0) is 63.8 Å². The van der Waals surface area contributed by atoms with Gasteiger partial charge in [0.15, 0.2) is 5.82 Å². The van der Waals surface area contributed by atoms with Crippen LogP contribution in [0, 0.1) is 3.57 Å². The fraction of sp³-hybridized carbons (Fsp3) is 0.200. The Kier molecular flexibility index (Phi) is 3.93. The summed E-state index contributed by atoms with van der Waals surface area (Å²) in [6.07, 6.45) is 0. The number of nitrogens with zero attached hydrogens (tertiary/aromatic N) is 2. The molecular formula is C10H9BrIN3O. The lowest BCUT2D eigenvalue weighted by atomic mass is 10.2. The van der Waals surface area contributed by atoms with Gasteiger partial charge in [-0.2, -0.15) is 4.98 Å². The van der Waals surface area contributed by atoms with E-state index in [1.165, 1.54) is 0 Å². The number of benzene rings is 1. The Labute approximate surface area is 115 Å². The zero-order chi connectivity index (χ0) is 11.5. The van der Waals surface area contributed by atoms with Crippen LogP contribution >= 0.6 is 38.5 Å². The van der Waals surface area contributed by atoms with Gasteiger partial charge >= 0.3 is 0 Å². The van der Waals surface area contributed by atoms with Gasteiger partial charge in [-0.25, -0.2) is 0 Å². The normalized spacial score (nSPS) is 10.7. The lowest BCUT2D eigenvalue weighted by Crippen LogP contribution is -2.06. The van der Waals surface area contributed by atoms with Crippen LogP contribution in [0.25, 0.3) is 11.5 Å². The van der Waals surface area contributed by atoms with Crippen LogP contribution in [-0.4, -0.2) is 17.2 Å². The molecule has 0 saturated heterocycles. The Morgan fingerprint density at radius 1 is 1.50 bits per heavy atom. The number of hydrogen-bond acceptors (Lipinski definition) is 4. The van der Waals surface area contributed by atoms with E-state index in [1.807, 2.05) is 25.2 Å². The number of halogens is 2. The van der Waals surface area contributed by atoms with Crippen LogP contribution in [-0.2, 0) is 6.54 Å². The summed E-state index contributed by atoms with van der Waals surface area (Å²) in [5.41, 5.74) is 0.918. The number of nitrogens with one attached hydrogen (secondary N) is 1. The smallest absolute Gasteiger partial charge is 0.259 e. The molecule has 0 radical (unpaired) electrons. The summed E-state index contributed by atoms with van der Waals surface area (Å²) in [5, 5.41) is 6.86. The van der Waals surface area contributed by atoms with Gasteiger partial charge in [-0.15, -0.1) is 0 Å². The van der Waals surface area contributed by atoms with E-state index < -0.39 is 0 Å². The second-order valence-electron chi connectivity index (χ2n) is 3.17. The Morgan fingerprint density at radius 2 is 2.31 bits per heavy atom. The predicted octanol–water partition coefficient (Wildman–Crippen LogP) is 2.82. The van der Waals surface area contributed by atoms with Crippen molar-refractivity contribution in [2.45, 2.75) is 6.54 Å². The molecule has 0 saturated carbocycles. The maximum Gasteiger partial charge on any atom is 0.259 e. The quantitative estimate of drug-likeness (QED) is 0.814. The molecule has 1 heterocycles. The van der Waals surface area contributed by atoms with Crippen LogP contribution in [0.5, 0.6) is 0 Å². The summed E-state index contributed by atoms with van der Waals surface area (Å²) in [6.45, 7) is 0.602. The van der Waals surface area contributed by atoms with Gasteiger partial charge in [0.1, 0.15) is 0 Å². The lowest BCUT2D eigenvalue weighted by molar-refractivity contribution is 0.420. The molecule has 0 amide bonds. The van der Waals surface area contributed by atoms with Crippen molar-refractivity contribution in [1.29, 1.82) is 0 Å². The van der Waals surface area contributed by atoms with Gasteiger partial charge in [-0.3, -0.25) is 0 Å². The van der Waals surface area contributed by atoms with Crippen LogP contribution in [0.1, 0.15) is 5.82 Å². The van der Waals surface area contributed by atoms with E-state index in [9.17, 15) is 0 Å². The van der Waals surface area contributed by atoms with Crippen molar-refractivity contribution < 1.29 is 4.52 Å². The van der Waals surface area contributed by atoms with Crippen LogP contribution in [0.4, 0.5) is 0 Å². The summed E-state index contributed by atoms with van der Waals surface area (Å²) < 4.78 is 7.28. The molecule has 0 aliphatic heterocycles. The molecule has 1 N–H and O–H groups in total. The molecule has 1 aromatic heterocycles. The minimum absolute atomic E-state index is 0.538. The molecule has 0 aliphatic rings.